The lowest BCUT2D eigenvalue weighted by Crippen LogP contribution is -2.50. The highest BCUT2D eigenvalue weighted by Gasteiger charge is 2.32. The van der Waals surface area contributed by atoms with Crippen LogP contribution in [0, 0.1) is 5.92 Å². The van der Waals surface area contributed by atoms with Crippen molar-refractivity contribution in [1.29, 1.82) is 0 Å². The number of hydrogen-bond donors (Lipinski definition) is 2. The van der Waals surface area contributed by atoms with Crippen molar-refractivity contribution in [2.24, 2.45) is 5.92 Å². The highest BCUT2D eigenvalue weighted by atomic mass is 16.5. The van der Waals surface area contributed by atoms with Crippen molar-refractivity contribution in [3.8, 4) is 5.75 Å². The zero-order valence-electron chi connectivity index (χ0n) is 13.4. The molecule has 1 aliphatic carbocycles. The second-order valence-electron chi connectivity index (χ2n) is 6.47. The first-order chi connectivity index (χ1) is 10.2. The topological polar surface area (TPSA) is 41.5 Å². The summed E-state index contributed by atoms with van der Waals surface area (Å²) < 4.78 is 5.68. The molecule has 0 amide bonds. The van der Waals surface area contributed by atoms with Crippen LogP contribution in [0.15, 0.2) is 24.3 Å². The smallest absolute Gasteiger partial charge is 0.119 e. The van der Waals surface area contributed by atoms with Crippen LogP contribution < -0.4 is 10.1 Å². The van der Waals surface area contributed by atoms with Gasteiger partial charge in [-0.2, -0.15) is 0 Å². The fourth-order valence-electron chi connectivity index (χ4n) is 2.96. The molecule has 0 bridgehead atoms. The molecule has 1 fully saturated rings. The van der Waals surface area contributed by atoms with E-state index in [4.69, 9.17) is 4.74 Å². The van der Waals surface area contributed by atoms with Crippen molar-refractivity contribution in [3.05, 3.63) is 29.8 Å². The zero-order chi connectivity index (χ0) is 15.1. The molecule has 118 valence electrons. The van der Waals surface area contributed by atoms with E-state index in [1.165, 1.54) is 18.4 Å². The van der Waals surface area contributed by atoms with Crippen molar-refractivity contribution >= 4 is 0 Å². The second kappa shape index (κ2) is 7.81. The standard InChI is InChI=1S/C18H29NO2/c1-3-11-21-17-6-4-5-16(12-17)13-19-18(14-20)9-7-15(2)8-10-18/h4-6,12,15,19-20H,3,7-11,13-14H2,1-2H3. The summed E-state index contributed by atoms with van der Waals surface area (Å²) in [5, 5.41) is 13.4. The number of aliphatic hydroxyl groups excluding tert-OH is 1. The van der Waals surface area contributed by atoms with Gasteiger partial charge in [-0.25, -0.2) is 0 Å². The molecule has 1 aromatic rings. The molecule has 1 aliphatic rings. The van der Waals surface area contributed by atoms with Crippen LogP contribution in [-0.2, 0) is 6.54 Å². The van der Waals surface area contributed by atoms with E-state index >= 15 is 0 Å². The zero-order valence-corrected chi connectivity index (χ0v) is 13.4. The van der Waals surface area contributed by atoms with E-state index < -0.39 is 0 Å². The molecule has 2 N–H and O–H groups in total. The molecule has 3 heteroatoms. The second-order valence-corrected chi connectivity index (χ2v) is 6.47. The van der Waals surface area contributed by atoms with E-state index in [1.54, 1.807) is 0 Å². The monoisotopic (exact) mass is 291 g/mol. The summed E-state index contributed by atoms with van der Waals surface area (Å²) in [6, 6.07) is 8.25. The average Bonchev–Trinajstić information content (AvgIpc) is 2.53. The molecule has 0 radical (unpaired) electrons. The molecule has 1 aromatic carbocycles. The lowest BCUT2D eigenvalue weighted by molar-refractivity contribution is 0.104. The van der Waals surface area contributed by atoms with Crippen LogP contribution in [0.1, 0.15) is 51.5 Å². The van der Waals surface area contributed by atoms with Gasteiger partial charge in [0.15, 0.2) is 0 Å². The number of hydrogen-bond acceptors (Lipinski definition) is 3. The van der Waals surface area contributed by atoms with Gasteiger partial charge in [0.1, 0.15) is 5.75 Å². The molecule has 0 aliphatic heterocycles. The Morgan fingerprint density at radius 1 is 1.33 bits per heavy atom. The van der Waals surface area contributed by atoms with E-state index in [1.807, 2.05) is 12.1 Å². The van der Waals surface area contributed by atoms with Gasteiger partial charge in [0, 0.05) is 12.1 Å². The molecule has 21 heavy (non-hydrogen) atoms. The van der Waals surface area contributed by atoms with Crippen molar-refractivity contribution in [2.45, 2.75) is 58.0 Å². The predicted octanol–water partition coefficient (Wildman–Crippen LogP) is 3.51. The molecule has 0 aromatic heterocycles. The number of aliphatic hydroxyl groups is 1. The van der Waals surface area contributed by atoms with Gasteiger partial charge in [-0.05, 0) is 55.7 Å². The molecule has 0 spiro atoms. The quantitative estimate of drug-likeness (QED) is 0.808. The number of ether oxygens (including phenoxy) is 1. The molecule has 0 unspecified atom stereocenters. The Morgan fingerprint density at radius 3 is 2.76 bits per heavy atom. The van der Waals surface area contributed by atoms with Gasteiger partial charge in [-0.15, -0.1) is 0 Å². The largest absolute Gasteiger partial charge is 0.494 e. The van der Waals surface area contributed by atoms with E-state index in [0.29, 0.717) is 0 Å². The maximum absolute atomic E-state index is 9.79. The van der Waals surface area contributed by atoms with Crippen molar-refractivity contribution in [1.82, 2.24) is 5.32 Å². The highest BCUT2D eigenvalue weighted by molar-refractivity contribution is 5.28. The van der Waals surface area contributed by atoms with Gasteiger partial charge in [-0.3, -0.25) is 0 Å². The summed E-state index contributed by atoms with van der Waals surface area (Å²) in [6.07, 6.45) is 5.56. The summed E-state index contributed by atoms with van der Waals surface area (Å²) in [7, 11) is 0. The molecule has 1 saturated carbocycles. The Bertz CT molecular complexity index is 425. The lowest BCUT2D eigenvalue weighted by atomic mass is 9.77. The first-order valence-corrected chi connectivity index (χ1v) is 8.25. The number of rotatable bonds is 7. The first-order valence-electron chi connectivity index (χ1n) is 8.25. The van der Waals surface area contributed by atoms with Gasteiger partial charge < -0.3 is 15.2 Å². The van der Waals surface area contributed by atoms with Crippen LogP contribution >= 0.6 is 0 Å². The molecule has 0 heterocycles. The van der Waals surface area contributed by atoms with Crippen molar-refractivity contribution < 1.29 is 9.84 Å². The summed E-state index contributed by atoms with van der Waals surface area (Å²) in [4.78, 5) is 0. The highest BCUT2D eigenvalue weighted by Crippen LogP contribution is 2.32. The first kappa shape index (κ1) is 16.3. The maximum atomic E-state index is 9.79. The van der Waals surface area contributed by atoms with Crippen LogP contribution in [0.3, 0.4) is 0 Å². The van der Waals surface area contributed by atoms with Gasteiger partial charge in [0.2, 0.25) is 0 Å². The molecule has 0 saturated heterocycles. The van der Waals surface area contributed by atoms with E-state index in [0.717, 1.165) is 44.1 Å². The van der Waals surface area contributed by atoms with Crippen molar-refractivity contribution in [3.63, 3.8) is 0 Å². The summed E-state index contributed by atoms with van der Waals surface area (Å²) in [6.45, 7) is 6.19. The van der Waals surface area contributed by atoms with Gasteiger partial charge in [-0.1, -0.05) is 26.0 Å². The van der Waals surface area contributed by atoms with Crippen LogP contribution in [0.4, 0.5) is 0 Å². The number of nitrogens with one attached hydrogen (secondary N) is 1. The SMILES string of the molecule is CCCOc1cccc(CNC2(CO)CCC(C)CC2)c1. The van der Waals surface area contributed by atoms with Crippen LogP contribution in [0.5, 0.6) is 5.75 Å². The Balaban J connectivity index is 1.92. The Labute approximate surface area is 128 Å². The average molecular weight is 291 g/mol. The molecular weight excluding hydrogens is 262 g/mol. The molecule has 0 atom stereocenters. The third-order valence-electron chi connectivity index (χ3n) is 4.57. The maximum Gasteiger partial charge on any atom is 0.119 e. The minimum Gasteiger partial charge on any atom is -0.494 e. The van der Waals surface area contributed by atoms with E-state index in [-0.39, 0.29) is 12.1 Å². The summed E-state index contributed by atoms with van der Waals surface area (Å²) in [5.41, 5.74) is 1.13. The Kier molecular flexibility index (Phi) is 6.07. The normalized spacial score (nSPS) is 25.8. The lowest BCUT2D eigenvalue weighted by Gasteiger charge is -2.39. The van der Waals surface area contributed by atoms with Gasteiger partial charge in [0.25, 0.3) is 0 Å². The fourth-order valence-corrected chi connectivity index (χ4v) is 2.96. The fraction of sp³-hybridized carbons (Fsp3) is 0.667. The van der Waals surface area contributed by atoms with Crippen molar-refractivity contribution in [2.75, 3.05) is 13.2 Å². The van der Waals surface area contributed by atoms with Crippen LogP contribution in [0.25, 0.3) is 0 Å². The summed E-state index contributed by atoms with van der Waals surface area (Å²) in [5.74, 6) is 1.73. The van der Waals surface area contributed by atoms with Gasteiger partial charge in [0.05, 0.1) is 13.2 Å². The third-order valence-corrected chi connectivity index (χ3v) is 4.57. The third kappa shape index (κ3) is 4.72. The van der Waals surface area contributed by atoms with Gasteiger partial charge >= 0.3 is 0 Å². The molecule has 2 rings (SSSR count). The Morgan fingerprint density at radius 2 is 2.10 bits per heavy atom. The molecular formula is C18H29NO2. The van der Waals surface area contributed by atoms with Crippen LogP contribution in [-0.4, -0.2) is 23.9 Å². The predicted molar refractivity (Wildman–Crippen MR) is 86.5 cm³/mol. The minimum atomic E-state index is -0.0905. The summed E-state index contributed by atoms with van der Waals surface area (Å²) >= 11 is 0. The van der Waals surface area contributed by atoms with E-state index in [9.17, 15) is 5.11 Å². The van der Waals surface area contributed by atoms with E-state index in [2.05, 4.69) is 31.3 Å². The number of benzene rings is 1. The molecule has 3 nitrogen and oxygen atoms in total. The van der Waals surface area contributed by atoms with Crippen LogP contribution in [0.2, 0.25) is 0 Å². The Hall–Kier alpha value is -1.06. The minimum absolute atomic E-state index is 0.0905.